The molecule has 0 aromatic rings. The fourth-order valence-corrected chi connectivity index (χ4v) is 2.29. The van der Waals surface area contributed by atoms with Crippen LogP contribution in [-0.2, 0) is 9.53 Å². The van der Waals surface area contributed by atoms with E-state index in [1.165, 1.54) is 12.8 Å². The smallest absolute Gasteiger partial charge is 0.249 e. The van der Waals surface area contributed by atoms with Crippen LogP contribution in [0.2, 0.25) is 0 Å². The minimum atomic E-state index is -0.265. The molecule has 0 spiro atoms. The van der Waals surface area contributed by atoms with Crippen LogP contribution in [0.3, 0.4) is 0 Å². The van der Waals surface area contributed by atoms with Crippen LogP contribution in [-0.4, -0.2) is 37.7 Å². The number of ether oxygens (including phenoxy) is 1. The molecule has 4 heteroatoms. The molecule has 1 aliphatic rings. The largest absolute Gasteiger partial charge is 0.365 e. The first kappa shape index (κ1) is 15.4. The second-order valence-electron chi connectivity index (χ2n) is 4.98. The van der Waals surface area contributed by atoms with Crippen molar-refractivity contribution in [3.8, 4) is 0 Å². The van der Waals surface area contributed by atoms with Crippen LogP contribution in [0.15, 0.2) is 0 Å². The Labute approximate surface area is 111 Å². The van der Waals surface area contributed by atoms with Crippen LogP contribution in [0.25, 0.3) is 0 Å². The van der Waals surface area contributed by atoms with Gasteiger partial charge in [0.1, 0.15) is 6.10 Å². The van der Waals surface area contributed by atoms with E-state index in [4.69, 9.17) is 4.74 Å². The van der Waals surface area contributed by atoms with Gasteiger partial charge in [-0.1, -0.05) is 26.7 Å². The molecule has 0 heterocycles. The van der Waals surface area contributed by atoms with Crippen LogP contribution in [0.5, 0.6) is 0 Å². The minimum absolute atomic E-state index is 0.0442. The zero-order chi connectivity index (χ0) is 13.2. The third-order valence-corrected chi connectivity index (χ3v) is 3.35. The van der Waals surface area contributed by atoms with Gasteiger partial charge in [0, 0.05) is 13.1 Å². The molecule has 0 saturated heterocycles. The van der Waals surface area contributed by atoms with E-state index in [1.54, 1.807) is 0 Å². The SMILES string of the molecule is CCCNCCNC(=O)C(CC)OC1CCCC1. The second kappa shape index (κ2) is 9.34. The van der Waals surface area contributed by atoms with Gasteiger partial charge in [-0.05, 0) is 32.2 Å². The Kier molecular flexibility index (Phi) is 8.01. The Balaban J connectivity index is 2.15. The third-order valence-electron chi connectivity index (χ3n) is 3.35. The molecular weight excluding hydrogens is 228 g/mol. The summed E-state index contributed by atoms with van der Waals surface area (Å²) in [5, 5.41) is 6.21. The number of carbonyl (C=O) groups excluding carboxylic acids is 1. The summed E-state index contributed by atoms with van der Waals surface area (Å²) >= 11 is 0. The third kappa shape index (κ3) is 5.83. The standard InChI is InChI=1S/C14H28N2O2/c1-3-9-15-10-11-16-14(17)13(4-2)18-12-7-5-6-8-12/h12-13,15H,3-11H2,1-2H3,(H,16,17). The van der Waals surface area contributed by atoms with Crippen molar-refractivity contribution in [2.45, 2.75) is 64.6 Å². The van der Waals surface area contributed by atoms with Crippen LogP contribution < -0.4 is 10.6 Å². The highest BCUT2D eigenvalue weighted by Gasteiger charge is 2.23. The molecular formula is C14H28N2O2. The van der Waals surface area contributed by atoms with E-state index >= 15 is 0 Å². The summed E-state index contributed by atoms with van der Waals surface area (Å²) in [5.74, 6) is 0.0442. The zero-order valence-electron chi connectivity index (χ0n) is 11.8. The molecule has 1 fully saturated rings. The van der Waals surface area contributed by atoms with Gasteiger partial charge < -0.3 is 15.4 Å². The molecule has 1 aliphatic carbocycles. The maximum absolute atomic E-state index is 11.9. The average Bonchev–Trinajstić information content (AvgIpc) is 2.88. The highest BCUT2D eigenvalue weighted by Crippen LogP contribution is 2.22. The van der Waals surface area contributed by atoms with Crippen LogP contribution >= 0.6 is 0 Å². The van der Waals surface area contributed by atoms with Crippen molar-refractivity contribution < 1.29 is 9.53 Å². The first-order valence-corrected chi connectivity index (χ1v) is 7.41. The predicted molar refractivity (Wildman–Crippen MR) is 73.6 cm³/mol. The number of hydrogen-bond donors (Lipinski definition) is 2. The van der Waals surface area contributed by atoms with Crippen LogP contribution in [0.4, 0.5) is 0 Å². The number of nitrogens with one attached hydrogen (secondary N) is 2. The monoisotopic (exact) mass is 256 g/mol. The summed E-state index contributed by atoms with van der Waals surface area (Å²) in [4.78, 5) is 11.9. The van der Waals surface area contributed by atoms with Crippen LogP contribution in [0, 0.1) is 0 Å². The molecule has 106 valence electrons. The van der Waals surface area contributed by atoms with Crippen molar-refractivity contribution in [2.24, 2.45) is 0 Å². The van der Waals surface area contributed by atoms with Crippen molar-refractivity contribution in [1.29, 1.82) is 0 Å². The lowest BCUT2D eigenvalue weighted by Crippen LogP contribution is -2.40. The Hall–Kier alpha value is -0.610. The van der Waals surface area contributed by atoms with E-state index in [9.17, 15) is 4.79 Å². The Morgan fingerprint density at radius 3 is 2.56 bits per heavy atom. The predicted octanol–water partition coefficient (Wildman–Crippen LogP) is 1.84. The maximum atomic E-state index is 11.9. The fraction of sp³-hybridized carbons (Fsp3) is 0.929. The minimum Gasteiger partial charge on any atom is -0.365 e. The summed E-state index contributed by atoms with van der Waals surface area (Å²) in [5.41, 5.74) is 0. The van der Waals surface area contributed by atoms with Crippen molar-refractivity contribution >= 4 is 5.91 Å². The van der Waals surface area contributed by atoms with Gasteiger partial charge in [0.15, 0.2) is 0 Å². The topological polar surface area (TPSA) is 50.4 Å². The molecule has 0 radical (unpaired) electrons. The average molecular weight is 256 g/mol. The molecule has 4 nitrogen and oxygen atoms in total. The van der Waals surface area contributed by atoms with Crippen LogP contribution in [0.1, 0.15) is 52.4 Å². The molecule has 18 heavy (non-hydrogen) atoms. The molecule has 1 atom stereocenters. The van der Waals surface area contributed by atoms with E-state index in [0.717, 1.165) is 38.8 Å². The summed E-state index contributed by atoms with van der Waals surface area (Å²) in [6.45, 7) is 6.66. The number of carbonyl (C=O) groups is 1. The van der Waals surface area contributed by atoms with Gasteiger partial charge in [-0.3, -0.25) is 4.79 Å². The number of amides is 1. The molecule has 0 aromatic carbocycles. The van der Waals surface area contributed by atoms with E-state index in [1.807, 2.05) is 6.92 Å². The molecule has 1 rings (SSSR count). The highest BCUT2D eigenvalue weighted by molar-refractivity contribution is 5.80. The first-order chi connectivity index (χ1) is 8.77. The Morgan fingerprint density at radius 1 is 1.22 bits per heavy atom. The zero-order valence-corrected chi connectivity index (χ0v) is 11.8. The lowest BCUT2D eigenvalue weighted by Gasteiger charge is -2.20. The summed E-state index contributed by atoms with van der Waals surface area (Å²) in [6, 6.07) is 0. The van der Waals surface area contributed by atoms with Gasteiger partial charge in [-0.25, -0.2) is 0 Å². The summed E-state index contributed by atoms with van der Waals surface area (Å²) < 4.78 is 5.87. The van der Waals surface area contributed by atoms with E-state index in [0.29, 0.717) is 12.6 Å². The van der Waals surface area contributed by atoms with Crippen molar-refractivity contribution in [1.82, 2.24) is 10.6 Å². The molecule has 1 amide bonds. The molecule has 0 aromatic heterocycles. The molecule has 1 unspecified atom stereocenters. The number of rotatable bonds is 9. The summed E-state index contributed by atoms with van der Waals surface area (Å²) in [7, 11) is 0. The Morgan fingerprint density at radius 2 is 1.94 bits per heavy atom. The van der Waals surface area contributed by atoms with Crippen molar-refractivity contribution in [3.05, 3.63) is 0 Å². The fourth-order valence-electron chi connectivity index (χ4n) is 2.29. The van der Waals surface area contributed by atoms with Gasteiger partial charge in [0.05, 0.1) is 6.10 Å². The molecule has 0 aliphatic heterocycles. The highest BCUT2D eigenvalue weighted by atomic mass is 16.5. The van der Waals surface area contributed by atoms with Gasteiger partial charge >= 0.3 is 0 Å². The summed E-state index contributed by atoms with van der Waals surface area (Å²) in [6.07, 6.45) is 6.62. The lowest BCUT2D eigenvalue weighted by molar-refractivity contribution is -0.136. The normalized spacial score (nSPS) is 17.9. The van der Waals surface area contributed by atoms with E-state index in [2.05, 4.69) is 17.6 Å². The first-order valence-electron chi connectivity index (χ1n) is 7.41. The van der Waals surface area contributed by atoms with Gasteiger partial charge in [0.2, 0.25) is 5.91 Å². The van der Waals surface area contributed by atoms with Gasteiger partial charge in [0.25, 0.3) is 0 Å². The lowest BCUT2D eigenvalue weighted by atomic mass is 10.2. The van der Waals surface area contributed by atoms with E-state index in [-0.39, 0.29) is 12.0 Å². The van der Waals surface area contributed by atoms with Crippen molar-refractivity contribution in [2.75, 3.05) is 19.6 Å². The van der Waals surface area contributed by atoms with Gasteiger partial charge in [-0.15, -0.1) is 0 Å². The quantitative estimate of drug-likeness (QED) is 0.619. The molecule has 0 bridgehead atoms. The molecule has 1 saturated carbocycles. The second-order valence-corrected chi connectivity index (χ2v) is 4.98. The Bertz CT molecular complexity index is 228. The van der Waals surface area contributed by atoms with Crippen molar-refractivity contribution in [3.63, 3.8) is 0 Å². The molecule has 2 N–H and O–H groups in total. The maximum Gasteiger partial charge on any atom is 0.249 e. The van der Waals surface area contributed by atoms with Gasteiger partial charge in [-0.2, -0.15) is 0 Å². The van der Waals surface area contributed by atoms with E-state index < -0.39 is 0 Å². The number of hydrogen-bond acceptors (Lipinski definition) is 3.